The maximum absolute atomic E-state index is 12.0. The van der Waals surface area contributed by atoms with Crippen molar-refractivity contribution in [1.29, 1.82) is 0 Å². The highest BCUT2D eigenvalue weighted by molar-refractivity contribution is 7.84. The van der Waals surface area contributed by atoms with Gasteiger partial charge in [0.2, 0.25) is 11.4 Å². The molecule has 0 saturated heterocycles. The number of fused-ring (bicyclic) bond motifs is 4. The minimum atomic E-state index is -1.03. The number of ether oxygens (including phenoxy) is 1. The van der Waals surface area contributed by atoms with Crippen LogP contribution in [0.1, 0.15) is 32.3 Å². The van der Waals surface area contributed by atoms with Crippen molar-refractivity contribution >= 4 is 44.2 Å². The van der Waals surface area contributed by atoms with E-state index in [-0.39, 0.29) is 0 Å². The van der Waals surface area contributed by atoms with Crippen molar-refractivity contribution in [2.75, 3.05) is 17.7 Å². The van der Waals surface area contributed by atoms with Crippen LogP contribution < -0.4 is 14.2 Å². The molecule has 0 amide bonds. The number of aromatic nitrogens is 1. The van der Waals surface area contributed by atoms with Crippen molar-refractivity contribution < 1.29 is 13.5 Å². The highest BCUT2D eigenvalue weighted by Crippen LogP contribution is 2.40. The Kier molecular flexibility index (Phi) is 7.24. The van der Waals surface area contributed by atoms with Gasteiger partial charge in [-0.15, -0.1) is 0 Å². The number of benzene rings is 3. The van der Waals surface area contributed by atoms with Crippen LogP contribution in [0.5, 0.6) is 5.75 Å². The fraction of sp³-hybridized carbons (Fsp3) is 0.219. The molecule has 0 saturated carbocycles. The van der Waals surface area contributed by atoms with Gasteiger partial charge in [-0.2, -0.15) is 0 Å². The van der Waals surface area contributed by atoms with E-state index in [0.29, 0.717) is 0 Å². The van der Waals surface area contributed by atoms with Gasteiger partial charge in [0.25, 0.3) is 0 Å². The Bertz CT molecular complexity index is 1600. The van der Waals surface area contributed by atoms with Gasteiger partial charge in [0.1, 0.15) is 7.05 Å². The summed E-state index contributed by atoms with van der Waals surface area (Å²) in [7, 11) is 1.06. The molecule has 0 N–H and O–H groups in total. The summed E-state index contributed by atoms with van der Waals surface area (Å²) < 4.78 is 20.4. The molecule has 0 aliphatic carbocycles. The second-order valence-corrected chi connectivity index (χ2v) is 10.7. The summed E-state index contributed by atoms with van der Waals surface area (Å²) in [6, 6.07) is 20.9. The third-order valence-electron chi connectivity index (χ3n) is 6.86. The Labute approximate surface area is 221 Å². The van der Waals surface area contributed by atoms with E-state index < -0.39 is 10.8 Å². The molecule has 1 atom stereocenters. The summed E-state index contributed by atoms with van der Waals surface area (Å²) in [5.74, 6) is 1.62. The molecule has 0 bridgehead atoms. The van der Waals surface area contributed by atoms with Crippen molar-refractivity contribution in [2.24, 2.45) is 7.05 Å². The van der Waals surface area contributed by atoms with Crippen LogP contribution in [0.4, 0.5) is 5.69 Å². The lowest BCUT2D eigenvalue weighted by molar-refractivity contribution is -0.644. The molecule has 188 valence electrons. The predicted octanol–water partition coefficient (Wildman–Crippen LogP) is 7.05. The van der Waals surface area contributed by atoms with Crippen LogP contribution >= 0.6 is 0 Å². The molecule has 2 heterocycles. The van der Waals surface area contributed by atoms with Gasteiger partial charge in [-0.3, -0.25) is 4.21 Å². The zero-order valence-corrected chi connectivity index (χ0v) is 22.7. The topological polar surface area (TPSA) is 33.4 Å². The maximum atomic E-state index is 12.0. The van der Waals surface area contributed by atoms with E-state index in [1.807, 2.05) is 18.2 Å². The fourth-order valence-corrected chi connectivity index (χ4v) is 5.39. The van der Waals surface area contributed by atoms with Crippen LogP contribution in [0.25, 0.3) is 27.8 Å². The molecular formula is C32H33N2O2S+. The lowest BCUT2D eigenvalue weighted by Crippen LogP contribution is -2.28. The smallest absolute Gasteiger partial charge is 0.213 e. The average Bonchev–Trinajstić information content (AvgIpc) is 3.26. The van der Waals surface area contributed by atoms with Gasteiger partial charge in [0.05, 0.1) is 11.1 Å². The monoisotopic (exact) mass is 509 g/mol. The first-order valence-corrected chi connectivity index (χ1v) is 14.4. The van der Waals surface area contributed by atoms with Gasteiger partial charge in [-0.05, 0) is 65.1 Å². The third kappa shape index (κ3) is 4.96. The summed E-state index contributed by atoms with van der Waals surface area (Å²) in [6.45, 7) is 5.16. The number of hydrogen-bond donors (Lipinski definition) is 0. The van der Waals surface area contributed by atoms with E-state index >= 15 is 0 Å². The van der Waals surface area contributed by atoms with Crippen molar-refractivity contribution in [2.45, 2.75) is 31.6 Å². The number of hydrogen-bond acceptors (Lipinski definition) is 3. The molecule has 0 fully saturated rings. The van der Waals surface area contributed by atoms with E-state index in [2.05, 4.69) is 103 Å². The first kappa shape index (κ1) is 25.0. The van der Waals surface area contributed by atoms with Crippen LogP contribution in [0.2, 0.25) is 0 Å². The molecular weight excluding hydrogens is 476 g/mol. The maximum Gasteiger partial charge on any atom is 0.213 e. The Morgan fingerprint density at radius 3 is 2.70 bits per heavy atom. The molecule has 5 rings (SSSR count). The van der Waals surface area contributed by atoms with Gasteiger partial charge < -0.3 is 9.64 Å². The van der Waals surface area contributed by atoms with E-state index in [1.54, 1.807) is 6.26 Å². The normalized spacial score (nSPS) is 15.6. The zero-order valence-electron chi connectivity index (χ0n) is 21.9. The molecule has 1 aliphatic rings. The van der Waals surface area contributed by atoms with Crippen molar-refractivity contribution in [3.05, 3.63) is 102 Å². The minimum Gasteiger partial charge on any atom is -0.439 e. The number of pyridine rings is 1. The quantitative estimate of drug-likeness (QED) is 0.152. The number of anilines is 1. The van der Waals surface area contributed by atoms with E-state index in [9.17, 15) is 4.21 Å². The highest BCUT2D eigenvalue weighted by atomic mass is 32.2. The van der Waals surface area contributed by atoms with Gasteiger partial charge in [0.15, 0.2) is 11.9 Å². The molecule has 3 aromatic carbocycles. The van der Waals surface area contributed by atoms with Gasteiger partial charge in [-0.1, -0.05) is 56.3 Å². The molecule has 4 nitrogen and oxygen atoms in total. The largest absolute Gasteiger partial charge is 0.439 e. The summed E-state index contributed by atoms with van der Waals surface area (Å²) in [6.07, 6.45) is 14.3. The molecule has 1 aromatic heterocycles. The SMILES string of the molecule is CCCN1/C(=C/C=C(/C=C/c2cc[n+](C)c3ccc4ccccc4c23)CC)Oc2ccc(S(C)=O)cc21. The second kappa shape index (κ2) is 10.7. The first-order valence-electron chi connectivity index (χ1n) is 12.8. The van der Waals surface area contributed by atoms with Crippen LogP contribution in [-0.2, 0) is 17.8 Å². The molecule has 37 heavy (non-hydrogen) atoms. The van der Waals surface area contributed by atoms with Crippen molar-refractivity contribution in [1.82, 2.24) is 0 Å². The molecule has 0 radical (unpaired) electrons. The van der Waals surface area contributed by atoms with E-state index in [1.165, 1.54) is 32.8 Å². The number of rotatable bonds is 7. The molecule has 0 spiro atoms. The van der Waals surface area contributed by atoms with Crippen molar-refractivity contribution in [3.63, 3.8) is 0 Å². The third-order valence-corrected chi connectivity index (χ3v) is 7.78. The highest BCUT2D eigenvalue weighted by Gasteiger charge is 2.26. The van der Waals surface area contributed by atoms with Crippen LogP contribution in [0.15, 0.2) is 101 Å². The summed E-state index contributed by atoms with van der Waals surface area (Å²) in [5.41, 5.74) is 4.61. The van der Waals surface area contributed by atoms with Crippen LogP contribution in [-0.4, -0.2) is 17.0 Å². The van der Waals surface area contributed by atoms with E-state index in [0.717, 1.165) is 41.6 Å². The van der Waals surface area contributed by atoms with E-state index in [4.69, 9.17) is 4.74 Å². The summed E-state index contributed by atoms with van der Waals surface area (Å²) in [4.78, 5) is 2.99. The average molecular weight is 510 g/mol. The molecule has 1 aliphatic heterocycles. The lowest BCUT2D eigenvalue weighted by atomic mass is 10.00. The summed E-state index contributed by atoms with van der Waals surface area (Å²) in [5, 5.41) is 3.77. The zero-order chi connectivity index (χ0) is 25.9. The minimum absolute atomic E-state index is 0.804. The Hall–Kier alpha value is -3.70. The molecule has 5 heteroatoms. The van der Waals surface area contributed by atoms with Crippen LogP contribution in [0, 0.1) is 0 Å². The Morgan fingerprint density at radius 1 is 1.08 bits per heavy atom. The van der Waals surface area contributed by atoms with Crippen LogP contribution in [0.3, 0.4) is 0 Å². The van der Waals surface area contributed by atoms with Gasteiger partial charge >= 0.3 is 0 Å². The fourth-order valence-electron chi connectivity index (χ4n) is 4.86. The number of nitrogens with zero attached hydrogens (tertiary/aromatic N) is 2. The Morgan fingerprint density at radius 2 is 1.92 bits per heavy atom. The summed E-state index contributed by atoms with van der Waals surface area (Å²) >= 11 is 0. The lowest BCUT2D eigenvalue weighted by Gasteiger charge is -2.17. The Balaban J connectivity index is 1.49. The van der Waals surface area contributed by atoms with Gasteiger partial charge in [-0.25, -0.2) is 4.57 Å². The molecule has 1 unspecified atom stereocenters. The number of aryl methyl sites for hydroxylation is 1. The number of allylic oxidation sites excluding steroid dienone is 4. The molecule has 4 aromatic rings. The van der Waals surface area contributed by atoms with Crippen molar-refractivity contribution in [3.8, 4) is 5.75 Å². The second-order valence-electron chi connectivity index (χ2n) is 9.33. The predicted molar refractivity (Wildman–Crippen MR) is 155 cm³/mol. The standard InChI is InChI=1S/C32H33N2O2S/c1-5-20-34-29-22-26(37(4)35)15-17-30(29)36-31(34)18-12-23(6-2)11-13-25-19-21-33(3)28-16-14-24-9-7-8-10-27(24)32(25)28/h7-19,21-22H,5-6,20H2,1-4H3/q+1. The van der Waals surface area contributed by atoms with Gasteiger partial charge in [0, 0.05) is 40.6 Å². The first-order chi connectivity index (χ1) is 18.0.